The zero-order chi connectivity index (χ0) is 19.3. The molecule has 1 aromatic heterocycles. The summed E-state index contributed by atoms with van der Waals surface area (Å²) in [5.74, 6) is 0. The zero-order valence-corrected chi connectivity index (χ0v) is 12.0. The van der Waals surface area contributed by atoms with Crippen molar-refractivity contribution in [2.75, 3.05) is 27.2 Å². The molecule has 1 aromatic carbocycles. The first kappa shape index (κ1) is 9.10. The molecule has 112 valence electrons. The average Bonchev–Trinajstić information content (AvgIpc) is 3.09. The van der Waals surface area contributed by atoms with Crippen molar-refractivity contribution in [2.45, 2.75) is 18.8 Å². The van der Waals surface area contributed by atoms with Gasteiger partial charge in [0, 0.05) is 29.1 Å². The maximum absolute atomic E-state index is 11.3. The summed E-state index contributed by atoms with van der Waals surface area (Å²) in [6, 6.07) is 2.77. The Hall–Kier alpha value is -2.01. The first-order valence-corrected chi connectivity index (χ1v) is 6.68. The molecule has 2 heterocycles. The fourth-order valence-electron chi connectivity index (χ4n) is 2.16. The molecule has 1 fully saturated rings. The van der Waals surface area contributed by atoms with Gasteiger partial charge in [0.25, 0.3) is 0 Å². The number of hydrogen-bond acceptors (Lipinski definition) is 3. The number of likely N-dealkylation sites (N-methyl/N-ethyl adjacent to an activating group) is 1. The second-order valence-corrected chi connectivity index (χ2v) is 5.18. The van der Waals surface area contributed by atoms with Gasteiger partial charge in [-0.15, -0.1) is 0 Å². The molecule has 1 atom stereocenters. The smallest absolute Gasteiger partial charge is 0.407 e. The molecule has 5 heteroatoms. The van der Waals surface area contributed by atoms with E-state index in [-0.39, 0.29) is 12.1 Å². The van der Waals surface area contributed by atoms with E-state index in [0.29, 0.717) is 16.5 Å². The van der Waals surface area contributed by atoms with E-state index in [1.807, 2.05) is 0 Å². The van der Waals surface area contributed by atoms with Crippen LogP contribution in [0, 0.1) is 0 Å². The third-order valence-corrected chi connectivity index (χ3v) is 3.16. The minimum atomic E-state index is -2.23. The van der Waals surface area contributed by atoms with Crippen LogP contribution in [-0.4, -0.2) is 49.2 Å². The van der Waals surface area contributed by atoms with Gasteiger partial charge in [0.15, 0.2) is 0 Å². The van der Waals surface area contributed by atoms with E-state index in [9.17, 15) is 4.79 Å². The summed E-state index contributed by atoms with van der Waals surface area (Å²) < 4.78 is 46.5. The van der Waals surface area contributed by atoms with Crippen LogP contribution in [0.5, 0.6) is 0 Å². The number of aromatic amines is 1. The molecular weight excluding hydrogens is 266 g/mol. The molecule has 3 rings (SSSR count). The van der Waals surface area contributed by atoms with Crippen LogP contribution in [0.2, 0.25) is 0 Å². The fourth-order valence-corrected chi connectivity index (χ4v) is 2.16. The Morgan fingerprint density at radius 2 is 2.38 bits per heavy atom. The number of carbonyl (C=O) groups is 1. The van der Waals surface area contributed by atoms with Crippen LogP contribution in [0.25, 0.3) is 10.9 Å². The number of rotatable bonds is 5. The second-order valence-electron chi connectivity index (χ2n) is 5.18. The van der Waals surface area contributed by atoms with Gasteiger partial charge in [-0.3, -0.25) is 0 Å². The molecule has 5 nitrogen and oxygen atoms in total. The van der Waals surface area contributed by atoms with Gasteiger partial charge in [-0.1, -0.05) is 6.07 Å². The summed E-state index contributed by atoms with van der Waals surface area (Å²) >= 11 is 0. The van der Waals surface area contributed by atoms with Crippen LogP contribution in [0.1, 0.15) is 18.0 Å². The minimum absolute atomic E-state index is 0.170. The number of benzene rings is 1. The summed E-state index contributed by atoms with van der Waals surface area (Å²) in [5.41, 5.74) is 1.27. The standard InChI is InChI=1S/C16H21N3O2/c1-19(2)6-5-12-9-17-15-4-3-11(8-14(12)15)7-13-10-21-16(20)18-13/h3-4,8-9,13,17H,5-7,10H2,1-2H3,(H,18,20)/t13-/m0/s1/i5D2,7D2,13D. The van der Waals surface area contributed by atoms with Crippen molar-refractivity contribution in [3.05, 3.63) is 35.5 Å². The van der Waals surface area contributed by atoms with Gasteiger partial charge in [-0.05, 0) is 50.1 Å². The van der Waals surface area contributed by atoms with Gasteiger partial charge < -0.3 is 19.9 Å². The molecule has 1 aliphatic rings. The number of nitrogens with one attached hydrogen (secondary N) is 2. The quantitative estimate of drug-likeness (QED) is 0.885. The third kappa shape index (κ3) is 3.19. The molecule has 1 aliphatic heterocycles. The van der Waals surface area contributed by atoms with Crippen molar-refractivity contribution < 1.29 is 16.4 Å². The van der Waals surface area contributed by atoms with Gasteiger partial charge in [0.05, 0.1) is 7.39 Å². The molecular formula is C16H21N3O2. The molecule has 0 bridgehead atoms. The van der Waals surface area contributed by atoms with E-state index in [1.165, 1.54) is 12.1 Å². The SMILES string of the molecule is [2H]C([2H])(CN(C)C)c1c[nH]c2ccc(C([2H])([2H])[C@@]3([2H])COC(=O)N3)cc12. The number of alkyl carbamates (subject to hydrolysis) is 1. The van der Waals surface area contributed by atoms with Gasteiger partial charge in [0.2, 0.25) is 0 Å². The van der Waals surface area contributed by atoms with Crippen LogP contribution >= 0.6 is 0 Å². The molecule has 1 amide bonds. The molecule has 0 radical (unpaired) electrons. The number of aromatic nitrogens is 1. The number of fused-ring (bicyclic) bond motifs is 1. The first-order valence-electron chi connectivity index (χ1n) is 9.18. The van der Waals surface area contributed by atoms with Crippen molar-refractivity contribution in [1.82, 2.24) is 15.2 Å². The van der Waals surface area contributed by atoms with E-state index >= 15 is 0 Å². The summed E-state index contributed by atoms with van der Waals surface area (Å²) in [4.78, 5) is 16.1. The first-order chi connectivity index (χ1) is 12.0. The predicted molar refractivity (Wildman–Crippen MR) is 82.5 cm³/mol. The van der Waals surface area contributed by atoms with E-state index < -0.39 is 31.5 Å². The van der Waals surface area contributed by atoms with Gasteiger partial charge >= 0.3 is 6.09 Å². The lowest BCUT2D eigenvalue weighted by Gasteiger charge is -2.09. The van der Waals surface area contributed by atoms with Crippen molar-refractivity contribution in [3.8, 4) is 0 Å². The lowest BCUT2D eigenvalue weighted by Crippen LogP contribution is -2.28. The van der Waals surface area contributed by atoms with E-state index in [0.717, 1.165) is 0 Å². The molecule has 2 N–H and O–H groups in total. The fraction of sp³-hybridized carbons (Fsp3) is 0.438. The minimum Gasteiger partial charge on any atom is -0.447 e. The number of hydrogen-bond donors (Lipinski definition) is 2. The van der Waals surface area contributed by atoms with E-state index in [2.05, 4.69) is 10.3 Å². The Kier molecular flexibility index (Phi) is 2.50. The molecule has 21 heavy (non-hydrogen) atoms. The van der Waals surface area contributed by atoms with Crippen LogP contribution in [0.4, 0.5) is 4.79 Å². The number of carbonyl (C=O) groups excluding carboxylic acids is 1. The van der Waals surface area contributed by atoms with Gasteiger partial charge in [-0.2, -0.15) is 0 Å². The Bertz CT molecular complexity index is 852. The van der Waals surface area contributed by atoms with Crippen LogP contribution in [0.15, 0.2) is 24.4 Å². The van der Waals surface area contributed by atoms with Crippen molar-refractivity contribution in [2.24, 2.45) is 0 Å². The molecule has 0 spiro atoms. The van der Waals surface area contributed by atoms with Crippen LogP contribution < -0.4 is 5.32 Å². The third-order valence-electron chi connectivity index (χ3n) is 3.16. The molecule has 2 aromatic rings. The molecule has 0 saturated carbocycles. The average molecular weight is 292 g/mol. The molecule has 1 saturated heterocycles. The largest absolute Gasteiger partial charge is 0.447 e. The Labute approximate surface area is 131 Å². The predicted octanol–water partition coefficient (Wildman–Crippen LogP) is 1.92. The lowest BCUT2D eigenvalue weighted by molar-refractivity contribution is 0.177. The second kappa shape index (κ2) is 5.77. The van der Waals surface area contributed by atoms with Crippen molar-refractivity contribution in [1.29, 1.82) is 0 Å². The van der Waals surface area contributed by atoms with E-state index in [1.54, 1.807) is 31.3 Å². The normalized spacial score (nSPS) is 26.6. The highest BCUT2D eigenvalue weighted by Crippen LogP contribution is 2.21. The van der Waals surface area contributed by atoms with Crippen LogP contribution in [0.3, 0.4) is 0 Å². The number of nitrogens with zero attached hydrogens (tertiary/aromatic N) is 1. The Morgan fingerprint density at radius 3 is 3.10 bits per heavy atom. The molecule has 0 unspecified atom stereocenters. The zero-order valence-electron chi connectivity index (χ0n) is 17.0. The highest BCUT2D eigenvalue weighted by molar-refractivity contribution is 5.84. The highest BCUT2D eigenvalue weighted by Gasteiger charge is 2.22. The van der Waals surface area contributed by atoms with Crippen LogP contribution in [-0.2, 0) is 17.5 Å². The van der Waals surface area contributed by atoms with E-state index in [4.69, 9.17) is 11.6 Å². The van der Waals surface area contributed by atoms with Gasteiger partial charge in [0.1, 0.15) is 6.61 Å². The molecule has 0 aliphatic carbocycles. The number of cyclic esters (lactones) is 1. The van der Waals surface area contributed by atoms with Crippen molar-refractivity contribution in [3.63, 3.8) is 0 Å². The summed E-state index contributed by atoms with van der Waals surface area (Å²) in [6.45, 7) is -0.234. The van der Waals surface area contributed by atoms with Crippen molar-refractivity contribution >= 4 is 17.0 Å². The highest BCUT2D eigenvalue weighted by atomic mass is 16.6. The summed E-state index contributed by atoms with van der Waals surface area (Å²) in [6.07, 6.45) is -3.11. The van der Waals surface area contributed by atoms with Gasteiger partial charge in [-0.25, -0.2) is 4.79 Å². The number of H-pyrrole nitrogens is 1. The monoisotopic (exact) mass is 292 g/mol. The topological polar surface area (TPSA) is 57.4 Å². The Morgan fingerprint density at radius 1 is 1.52 bits per heavy atom. The Balaban J connectivity index is 2.06. The summed E-state index contributed by atoms with van der Waals surface area (Å²) in [7, 11) is 3.56. The number of ether oxygens (including phenoxy) is 1. The number of amides is 1. The lowest BCUT2D eigenvalue weighted by atomic mass is 10.0. The summed E-state index contributed by atoms with van der Waals surface area (Å²) in [5, 5.41) is 2.77. The maximum atomic E-state index is 11.3. The maximum Gasteiger partial charge on any atom is 0.407 e.